The Kier molecular flexibility index (Phi) is 5.59. The number of nitrogens with one attached hydrogen (secondary N) is 3. The van der Waals surface area contributed by atoms with E-state index in [1.807, 2.05) is 4.72 Å². The van der Waals surface area contributed by atoms with Gasteiger partial charge >= 0.3 is 6.03 Å². The molecule has 0 aliphatic heterocycles. The van der Waals surface area contributed by atoms with Crippen LogP contribution in [0, 0.1) is 11.6 Å². The molecule has 0 saturated heterocycles. The van der Waals surface area contributed by atoms with Gasteiger partial charge in [-0.2, -0.15) is 5.10 Å². The molecular weight excluding hydrogens is 408 g/mol. The van der Waals surface area contributed by atoms with E-state index >= 15 is 0 Å². The van der Waals surface area contributed by atoms with Crippen LogP contribution in [0.1, 0.15) is 13.3 Å². The van der Waals surface area contributed by atoms with Crippen molar-refractivity contribution in [3.63, 3.8) is 0 Å². The Morgan fingerprint density at radius 1 is 1.28 bits per heavy atom. The topological polar surface area (TPSA) is 133 Å². The Hall–Kier alpha value is -3.35. The molecule has 3 rings (SSSR count). The van der Waals surface area contributed by atoms with Gasteiger partial charge in [0, 0.05) is 7.05 Å². The minimum atomic E-state index is -3.81. The van der Waals surface area contributed by atoms with Crippen LogP contribution >= 0.6 is 0 Å². The molecule has 3 aromatic rings. The van der Waals surface area contributed by atoms with Crippen LogP contribution in [-0.2, 0) is 10.0 Å². The van der Waals surface area contributed by atoms with E-state index in [0.717, 1.165) is 17.0 Å². The average molecular weight is 425 g/mol. The maximum Gasteiger partial charge on any atom is 0.327 e. The second-order valence-electron chi connectivity index (χ2n) is 6.02. The molecule has 0 fully saturated rings. The van der Waals surface area contributed by atoms with E-state index in [1.54, 1.807) is 6.92 Å². The number of fused-ring (bicyclic) bond motifs is 1. The van der Waals surface area contributed by atoms with Crippen molar-refractivity contribution in [2.45, 2.75) is 13.3 Å². The van der Waals surface area contributed by atoms with E-state index in [1.165, 1.54) is 19.6 Å². The normalized spacial score (nSPS) is 11.4. The summed E-state index contributed by atoms with van der Waals surface area (Å²) < 4.78 is 54.6. The van der Waals surface area contributed by atoms with E-state index < -0.39 is 39.1 Å². The van der Waals surface area contributed by atoms with Gasteiger partial charge < -0.3 is 5.32 Å². The number of nitrogens with zero attached hydrogens (tertiary/aromatic N) is 4. The molecule has 154 valence electrons. The van der Waals surface area contributed by atoms with Crippen LogP contribution in [0.5, 0.6) is 0 Å². The van der Waals surface area contributed by atoms with Gasteiger partial charge in [0.2, 0.25) is 10.0 Å². The summed E-state index contributed by atoms with van der Waals surface area (Å²) in [7, 11) is -2.46. The highest BCUT2D eigenvalue weighted by molar-refractivity contribution is 7.92. The highest BCUT2D eigenvalue weighted by atomic mass is 32.2. The first-order valence-corrected chi connectivity index (χ1v) is 10.1. The maximum absolute atomic E-state index is 14.7. The Morgan fingerprint density at radius 3 is 2.76 bits per heavy atom. The Morgan fingerprint density at radius 2 is 2.03 bits per heavy atom. The number of H-pyrrole nitrogens is 1. The van der Waals surface area contributed by atoms with Crippen LogP contribution in [0.25, 0.3) is 11.0 Å². The van der Waals surface area contributed by atoms with Crippen molar-refractivity contribution in [3.05, 3.63) is 36.3 Å². The van der Waals surface area contributed by atoms with Crippen molar-refractivity contribution >= 4 is 44.3 Å². The van der Waals surface area contributed by atoms with Crippen LogP contribution in [-0.4, -0.2) is 47.4 Å². The fourth-order valence-corrected chi connectivity index (χ4v) is 3.67. The molecule has 29 heavy (non-hydrogen) atoms. The van der Waals surface area contributed by atoms with Gasteiger partial charge in [-0.25, -0.2) is 32.0 Å². The lowest BCUT2D eigenvalue weighted by Crippen LogP contribution is -2.32. The number of aromatic nitrogens is 4. The lowest BCUT2D eigenvalue weighted by atomic mass is 10.2. The number of rotatable bonds is 6. The number of halogens is 2. The van der Waals surface area contributed by atoms with Gasteiger partial charge in [-0.05, 0) is 18.6 Å². The molecule has 2 aromatic heterocycles. The van der Waals surface area contributed by atoms with Crippen molar-refractivity contribution in [1.82, 2.24) is 20.2 Å². The predicted molar refractivity (Wildman–Crippen MR) is 103 cm³/mol. The molecule has 3 N–H and O–H groups in total. The molecule has 0 aliphatic carbocycles. The largest absolute Gasteiger partial charge is 0.327 e. The number of carbonyl (C=O) groups is 1. The first-order valence-electron chi connectivity index (χ1n) is 8.40. The van der Waals surface area contributed by atoms with Crippen molar-refractivity contribution in [1.29, 1.82) is 0 Å². The van der Waals surface area contributed by atoms with Crippen molar-refractivity contribution in [2.75, 3.05) is 27.7 Å². The number of anilines is 3. The number of hydrogen-bond acceptors (Lipinski definition) is 6. The maximum atomic E-state index is 14.7. The van der Waals surface area contributed by atoms with E-state index in [0.29, 0.717) is 17.5 Å². The first kappa shape index (κ1) is 20.4. The SMILES string of the molecule is CCCS(=O)(=O)Nc1ccc(F)c(NC(=O)N(C)c2ncnc3[nH]ncc23)c1F. The summed E-state index contributed by atoms with van der Waals surface area (Å²) in [5, 5.41) is 8.95. The number of aromatic amines is 1. The molecule has 0 spiro atoms. The number of urea groups is 1. The van der Waals surface area contributed by atoms with Gasteiger partial charge in [0.25, 0.3) is 0 Å². The zero-order valence-corrected chi connectivity index (χ0v) is 16.2. The molecule has 0 saturated carbocycles. The van der Waals surface area contributed by atoms with Crippen molar-refractivity contribution in [2.24, 2.45) is 0 Å². The summed E-state index contributed by atoms with van der Waals surface area (Å²) in [4.78, 5) is 21.5. The van der Waals surface area contributed by atoms with E-state index in [2.05, 4.69) is 25.5 Å². The highest BCUT2D eigenvalue weighted by Gasteiger charge is 2.22. The number of amides is 2. The van der Waals surface area contributed by atoms with Crippen molar-refractivity contribution in [3.8, 4) is 0 Å². The van der Waals surface area contributed by atoms with Gasteiger partial charge in [0.1, 0.15) is 17.8 Å². The Balaban J connectivity index is 1.88. The van der Waals surface area contributed by atoms with Crippen LogP contribution in [0.3, 0.4) is 0 Å². The molecule has 0 atom stereocenters. The summed E-state index contributed by atoms with van der Waals surface area (Å²) in [6.07, 6.45) is 2.91. The fraction of sp³-hybridized carbons (Fsp3) is 0.250. The molecule has 2 amide bonds. The number of hydrogen-bond donors (Lipinski definition) is 3. The number of sulfonamides is 1. The third kappa shape index (κ3) is 4.23. The molecule has 1 aromatic carbocycles. The third-order valence-electron chi connectivity index (χ3n) is 3.91. The molecule has 0 unspecified atom stereocenters. The third-order valence-corrected chi connectivity index (χ3v) is 5.39. The molecule has 0 radical (unpaired) electrons. The van der Waals surface area contributed by atoms with Crippen LogP contribution < -0.4 is 14.9 Å². The van der Waals surface area contributed by atoms with Crippen LogP contribution in [0.2, 0.25) is 0 Å². The van der Waals surface area contributed by atoms with Gasteiger partial charge in [-0.3, -0.25) is 14.7 Å². The van der Waals surface area contributed by atoms with E-state index in [9.17, 15) is 22.0 Å². The Bertz CT molecular complexity index is 1170. The highest BCUT2D eigenvalue weighted by Crippen LogP contribution is 2.28. The number of carbonyl (C=O) groups excluding carboxylic acids is 1. The smallest absolute Gasteiger partial charge is 0.302 e. The second kappa shape index (κ2) is 7.95. The quantitative estimate of drug-likeness (QED) is 0.556. The Labute approximate surface area is 164 Å². The lowest BCUT2D eigenvalue weighted by molar-refractivity contribution is 0.257. The fourth-order valence-electron chi connectivity index (χ4n) is 2.54. The second-order valence-corrected chi connectivity index (χ2v) is 7.87. The molecular formula is C16H17F2N7O3S. The van der Waals surface area contributed by atoms with E-state index in [4.69, 9.17) is 0 Å². The van der Waals surface area contributed by atoms with Crippen molar-refractivity contribution < 1.29 is 22.0 Å². The summed E-state index contributed by atoms with van der Waals surface area (Å²) >= 11 is 0. The standard InChI is InChI=1S/C16H17F2N7O3S/c1-3-6-29(27,28)24-11-5-4-10(17)13(12(11)18)22-16(26)25(2)15-9-7-21-23-14(9)19-8-20-15/h4-5,7-8,24H,3,6H2,1-2H3,(H,22,26)(H,19,20,21,23). The van der Waals surface area contributed by atoms with E-state index in [-0.39, 0.29) is 11.6 Å². The molecule has 10 nitrogen and oxygen atoms in total. The van der Waals surface area contributed by atoms with Crippen LogP contribution in [0.4, 0.5) is 30.8 Å². The first-order chi connectivity index (χ1) is 13.7. The summed E-state index contributed by atoms with van der Waals surface area (Å²) in [6, 6.07) is 0.885. The van der Waals surface area contributed by atoms with Gasteiger partial charge in [-0.1, -0.05) is 6.92 Å². The lowest BCUT2D eigenvalue weighted by Gasteiger charge is -2.19. The minimum Gasteiger partial charge on any atom is -0.302 e. The predicted octanol–water partition coefficient (Wildman–Crippen LogP) is 2.45. The summed E-state index contributed by atoms with van der Waals surface area (Å²) in [5.74, 6) is -2.40. The number of benzene rings is 1. The summed E-state index contributed by atoms with van der Waals surface area (Å²) in [5.41, 5.74) is -0.896. The molecule has 0 bridgehead atoms. The monoisotopic (exact) mass is 425 g/mol. The van der Waals surface area contributed by atoms with Gasteiger partial charge in [-0.15, -0.1) is 0 Å². The minimum absolute atomic E-state index is 0.155. The van der Waals surface area contributed by atoms with Gasteiger partial charge in [0.15, 0.2) is 17.3 Å². The van der Waals surface area contributed by atoms with Crippen LogP contribution in [0.15, 0.2) is 24.7 Å². The molecule has 13 heteroatoms. The van der Waals surface area contributed by atoms with Gasteiger partial charge in [0.05, 0.1) is 23.0 Å². The average Bonchev–Trinajstić information content (AvgIpc) is 3.15. The zero-order chi connectivity index (χ0) is 21.2. The molecule has 0 aliphatic rings. The zero-order valence-electron chi connectivity index (χ0n) is 15.4. The molecule has 2 heterocycles. The summed E-state index contributed by atoms with van der Waals surface area (Å²) in [6.45, 7) is 1.64.